The number of carbonyl (C=O) groups is 1. The Morgan fingerprint density at radius 3 is 2.43 bits per heavy atom. The first-order valence-corrected chi connectivity index (χ1v) is 4.56. The largest absolute Gasteiger partial charge is 0.332 e. The number of terminal acetylenes is 1. The summed E-state index contributed by atoms with van der Waals surface area (Å²) >= 11 is 0. The van der Waals surface area contributed by atoms with E-state index >= 15 is 0 Å². The van der Waals surface area contributed by atoms with Gasteiger partial charge in [-0.3, -0.25) is 4.79 Å². The molecular formula is C12H15NO. The molecule has 0 aliphatic heterocycles. The normalized spacial score (nSPS) is 11.1. The fourth-order valence-corrected chi connectivity index (χ4v) is 1.83. The number of nitrogens with zero attached hydrogens (tertiary/aromatic N) is 1. The van der Waals surface area contributed by atoms with Gasteiger partial charge in [0.1, 0.15) is 0 Å². The van der Waals surface area contributed by atoms with Gasteiger partial charge in [-0.15, -0.1) is 6.42 Å². The van der Waals surface area contributed by atoms with Crippen LogP contribution in [0.5, 0.6) is 0 Å². The Morgan fingerprint density at radius 2 is 2.07 bits per heavy atom. The Bertz CT molecular complexity index is 405. The van der Waals surface area contributed by atoms with Gasteiger partial charge in [-0.2, -0.15) is 0 Å². The average Bonchev–Trinajstić information content (AvgIpc) is 2.41. The molecule has 0 amide bonds. The first-order chi connectivity index (χ1) is 6.44. The molecule has 2 nitrogen and oxygen atoms in total. The number of aryl methyl sites for hydroxylation is 1. The Balaban J connectivity index is 3.44. The third-order valence-corrected chi connectivity index (χ3v) is 2.51. The number of carbonyl (C=O) groups excluding carboxylic acids is 1. The fraction of sp³-hybridized carbons (Fsp3) is 0.417. The molecule has 1 rings (SSSR count). The average molecular weight is 189 g/mol. The molecule has 74 valence electrons. The summed E-state index contributed by atoms with van der Waals surface area (Å²) in [5, 5.41) is 0. The highest BCUT2D eigenvalue weighted by Crippen LogP contribution is 2.23. The molecule has 1 aromatic heterocycles. The maximum Gasteiger partial charge on any atom is 0.151 e. The Morgan fingerprint density at radius 1 is 1.50 bits per heavy atom. The maximum atomic E-state index is 10.7. The standard InChI is InChI=1S/C12H15NO/c1-6-12(4,5)13-9(2)7-11(8-14)10(13)3/h1,7-8H,2-5H3. The second-order valence-corrected chi connectivity index (χ2v) is 3.98. The number of rotatable bonds is 2. The van der Waals surface area contributed by atoms with E-state index in [0.717, 1.165) is 17.7 Å². The predicted molar refractivity (Wildman–Crippen MR) is 57.4 cm³/mol. The molecule has 0 saturated carbocycles. The maximum absolute atomic E-state index is 10.7. The van der Waals surface area contributed by atoms with Crippen molar-refractivity contribution in [1.29, 1.82) is 0 Å². The molecule has 0 radical (unpaired) electrons. The summed E-state index contributed by atoms with van der Waals surface area (Å²) in [7, 11) is 0. The molecule has 0 aromatic carbocycles. The molecule has 0 saturated heterocycles. The van der Waals surface area contributed by atoms with Gasteiger partial charge in [0.2, 0.25) is 0 Å². The molecule has 0 unspecified atom stereocenters. The molecule has 0 N–H and O–H groups in total. The van der Waals surface area contributed by atoms with Crippen molar-refractivity contribution in [3.05, 3.63) is 23.0 Å². The molecular weight excluding hydrogens is 174 g/mol. The zero-order valence-corrected chi connectivity index (χ0v) is 9.09. The third-order valence-electron chi connectivity index (χ3n) is 2.51. The van der Waals surface area contributed by atoms with Crippen molar-refractivity contribution < 1.29 is 4.79 Å². The number of aromatic nitrogens is 1. The van der Waals surface area contributed by atoms with E-state index in [1.54, 1.807) is 0 Å². The lowest BCUT2D eigenvalue weighted by molar-refractivity contribution is 0.112. The van der Waals surface area contributed by atoms with E-state index < -0.39 is 0 Å². The van der Waals surface area contributed by atoms with Gasteiger partial charge in [-0.05, 0) is 33.8 Å². The summed E-state index contributed by atoms with van der Waals surface area (Å²) < 4.78 is 2.01. The monoisotopic (exact) mass is 189 g/mol. The summed E-state index contributed by atoms with van der Waals surface area (Å²) in [4.78, 5) is 10.7. The van der Waals surface area contributed by atoms with E-state index in [-0.39, 0.29) is 5.54 Å². The van der Waals surface area contributed by atoms with Gasteiger partial charge in [-0.25, -0.2) is 0 Å². The minimum atomic E-state index is -0.380. The minimum Gasteiger partial charge on any atom is -0.332 e. The first-order valence-electron chi connectivity index (χ1n) is 4.56. The van der Waals surface area contributed by atoms with Crippen LogP contribution in [0.25, 0.3) is 0 Å². The molecule has 0 spiro atoms. The van der Waals surface area contributed by atoms with Crippen LogP contribution >= 0.6 is 0 Å². The van der Waals surface area contributed by atoms with Gasteiger partial charge in [0.05, 0.1) is 5.54 Å². The van der Waals surface area contributed by atoms with Crippen LogP contribution in [0.2, 0.25) is 0 Å². The van der Waals surface area contributed by atoms with Crippen molar-refractivity contribution in [2.45, 2.75) is 33.2 Å². The summed E-state index contributed by atoms with van der Waals surface area (Å²) in [5.74, 6) is 2.72. The Kier molecular flexibility index (Phi) is 2.53. The topological polar surface area (TPSA) is 22.0 Å². The van der Waals surface area contributed by atoms with Crippen molar-refractivity contribution in [1.82, 2.24) is 4.57 Å². The van der Waals surface area contributed by atoms with Gasteiger partial charge in [0, 0.05) is 17.0 Å². The third kappa shape index (κ3) is 1.46. The SMILES string of the molecule is C#CC(C)(C)n1c(C)cc(C=O)c1C. The lowest BCUT2D eigenvalue weighted by atomic mass is 10.1. The minimum absolute atomic E-state index is 0.380. The van der Waals surface area contributed by atoms with Crippen LogP contribution < -0.4 is 0 Å². The van der Waals surface area contributed by atoms with E-state index in [1.807, 2.05) is 38.3 Å². The number of aldehydes is 1. The quantitative estimate of drug-likeness (QED) is 0.517. The second kappa shape index (κ2) is 3.34. The van der Waals surface area contributed by atoms with Gasteiger partial charge >= 0.3 is 0 Å². The van der Waals surface area contributed by atoms with Crippen LogP contribution in [-0.4, -0.2) is 10.9 Å². The van der Waals surface area contributed by atoms with Crippen molar-refractivity contribution in [2.24, 2.45) is 0 Å². The summed E-state index contributed by atoms with van der Waals surface area (Å²) in [6.07, 6.45) is 6.33. The summed E-state index contributed by atoms with van der Waals surface area (Å²) in [6.45, 7) is 7.79. The summed E-state index contributed by atoms with van der Waals surface area (Å²) in [5.41, 5.74) is 2.29. The van der Waals surface area contributed by atoms with Gasteiger partial charge in [0.15, 0.2) is 6.29 Å². The van der Waals surface area contributed by atoms with Crippen molar-refractivity contribution in [3.63, 3.8) is 0 Å². The molecule has 0 aliphatic rings. The number of hydrogen-bond donors (Lipinski definition) is 0. The van der Waals surface area contributed by atoms with Crippen LogP contribution in [0.1, 0.15) is 35.6 Å². The van der Waals surface area contributed by atoms with E-state index in [9.17, 15) is 4.79 Å². The lowest BCUT2D eigenvalue weighted by Gasteiger charge is -2.24. The molecule has 2 heteroatoms. The van der Waals surface area contributed by atoms with E-state index in [0.29, 0.717) is 5.56 Å². The van der Waals surface area contributed by atoms with E-state index in [2.05, 4.69) is 5.92 Å². The lowest BCUT2D eigenvalue weighted by Crippen LogP contribution is -2.26. The highest BCUT2D eigenvalue weighted by atomic mass is 16.1. The zero-order chi connectivity index (χ0) is 10.9. The summed E-state index contributed by atoms with van der Waals surface area (Å²) in [6, 6.07) is 1.86. The Labute approximate surface area is 84.9 Å². The molecule has 1 aromatic rings. The molecule has 0 fully saturated rings. The van der Waals surface area contributed by atoms with E-state index in [1.165, 1.54) is 0 Å². The highest BCUT2D eigenvalue weighted by molar-refractivity contribution is 5.77. The molecule has 1 heterocycles. The zero-order valence-electron chi connectivity index (χ0n) is 9.09. The van der Waals surface area contributed by atoms with Crippen LogP contribution in [0.3, 0.4) is 0 Å². The Hall–Kier alpha value is -1.49. The highest BCUT2D eigenvalue weighted by Gasteiger charge is 2.21. The molecule has 14 heavy (non-hydrogen) atoms. The molecule has 0 aliphatic carbocycles. The first kappa shape index (κ1) is 10.6. The van der Waals surface area contributed by atoms with E-state index in [4.69, 9.17) is 6.42 Å². The molecule has 0 bridgehead atoms. The van der Waals surface area contributed by atoms with Gasteiger partial charge in [-0.1, -0.05) is 5.92 Å². The van der Waals surface area contributed by atoms with Gasteiger partial charge < -0.3 is 4.57 Å². The smallest absolute Gasteiger partial charge is 0.151 e. The van der Waals surface area contributed by atoms with Crippen LogP contribution in [-0.2, 0) is 5.54 Å². The second-order valence-electron chi connectivity index (χ2n) is 3.98. The van der Waals surface area contributed by atoms with Crippen molar-refractivity contribution in [2.75, 3.05) is 0 Å². The van der Waals surface area contributed by atoms with Crippen LogP contribution in [0.15, 0.2) is 6.07 Å². The van der Waals surface area contributed by atoms with Crippen molar-refractivity contribution >= 4 is 6.29 Å². The van der Waals surface area contributed by atoms with Crippen LogP contribution in [0.4, 0.5) is 0 Å². The predicted octanol–water partition coefficient (Wildman–Crippen LogP) is 2.29. The number of hydrogen-bond acceptors (Lipinski definition) is 1. The van der Waals surface area contributed by atoms with Crippen LogP contribution in [0, 0.1) is 26.2 Å². The fourth-order valence-electron chi connectivity index (χ4n) is 1.83. The molecule has 0 atom stereocenters. The van der Waals surface area contributed by atoms with Gasteiger partial charge in [0.25, 0.3) is 0 Å². The van der Waals surface area contributed by atoms with Crippen molar-refractivity contribution in [3.8, 4) is 12.3 Å².